The van der Waals surface area contributed by atoms with Crippen molar-refractivity contribution in [3.63, 3.8) is 0 Å². The van der Waals surface area contributed by atoms with Gasteiger partial charge in [-0.2, -0.15) is 0 Å². The summed E-state index contributed by atoms with van der Waals surface area (Å²) in [5, 5.41) is 3.66. The number of rotatable bonds is 2. The van der Waals surface area contributed by atoms with E-state index >= 15 is 0 Å². The number of benzene rings is 1. The Morgan fingerprint density at radius 1 is 1.32 bits per heavy atom. The first-order chi connectivity index (χ1) is 10.5. The Morgan fingerprint density at radius 2 is 2.05 bits per heavy atom. The van der Waals surface area contributed by atoms with E-state index in [0.29, 0.717) is 24.3 Å². The van der Waals surface area contributed by atoms with Crippen LogP contribution in [-0.2, 0) is 0 Å². The third kappa shape index (κ3) is 2.86. The Labute approximate surface area is 126 Å². The van der Waals surface area contributed by atoms with E-state index in [1.807, 2.05) is 31.2 Å². The van der Waals surface area contributed by atoms with Gasteiger partial charge in [0.2, 0.25) is 0 Å². The summed E-state index contributed by atoms with van der Waals surface area (Å²) in [5.41, 5.74) is 2.00. The van der Waals surface area contributed by atoms with Crippen molar-refractivity contribution in [1.29, 1.82) is 0 Å². The van der Waals surface area contributed by atoms with Crippen LogP contribution in [0, 0.1) is 6.92 Å². The van der Waals surface area contributed by atoms with Gasteiger partial charge in [0.15, 0.2) is 5.76 Å². The summed E-state index contributed by atoms with van der Waals surface area (Å²) in [7, 11) is 0. The van der Waals surface area contributed by atoms with Crippen LogP contribution in [0.1, 0.15) is 28.8 Å². The van der Waals surface area contributed by atoms with Crippen molar-refractivity contribution in [1.82, 2.24) is 10.1 Å². The maximum Gasteiger partial charge on any atom is 0.265 e. The minimum atomic E-state index is -2.82. The molecule has 1 aliphatic rings. The van der Waals surface area contributed by atoms with Crippen LogP contribution in [0.3, 0.4) is 0 Å². The lowest BCUT2D eigenvalue weighted by atomic mass is 10.0. The van der Waals surface area contributed by atoms with Crippen LogP contribution >= 0.6 is 0 Å². The number of carbonyl (C=O) groups is 1. The molecule has 0 aliphatic carbocycles. The Morgan fingerprint density at radius 3 is 2.73 bits per heavy atom. The fourth-order valence-corrected chi connectivity index (χ4v) is 2.61. The van der Waals surface area contributed by atoms with Crippen molar-refractivity contribution in [2.75, 3.05) is 13.1 Å². The molecule has 2 aromatic rings. The van der Waals surface area contributed by atoms with Crippen LogP contribution in [0.5, 0.6) is 0 Å². The molecule has 0 unspecified atom stereocenters. The summed E-state index contributed by atoms with van der Waals surface area (Å²) in [6, 6.07) is 7.41. The van der Waals surface area contributed by atoms with E-state index in [-0.39, 0.29) is 12.0 Å². The van der Waals surface area contributed by atoms with Gasteiger partial charge in [0.1, 0.15) is 5.56 Å². The predicted molar refractivity (Wildman–Crippen MR) is 76.8 cm³/mol. The maximum absolute atomic E-state index is 13.5. The number of carbonyl (C=O) groups excluding carboxylic acids is 1. The van der Waals surface area contributed by atoms with Gasteiger partial charge < -0.3 is 9.42 Å². The molecule has 2 heterocycles. The molecule has 1 aliphatic heterocycles. The van der Waals surface area contributed by atoms with Crippen LogP contribution in [0.4, 0.5) is 8.78 Å². The molecule has 6 heteroatoms. The molecule has 1 aromatic heterocycles. The lowest BCUT2D eigenvalue weighted by Crippen LogP contribution is -2.45. The number of aryl methyl sites for hydroxylation is 1. The fourth-order valence-electron chi connectivity index (χ4n) is 2.61. The highest BCUT2D eigenvalue weighted by Gasteiger charge is 2.38. The molecule has 3 rings (SSSR count). The van der Waals surface area contributed by atoms with Crippen molar-refractivity contribution in [2.45, 2.75) is 25.7 Å². The van der Waals surface area contributed by atoms with Crippen molar-refractivity contribution < 1.29 is 18.1 Å². The quantitative estimate of drug-likeness (QED) is 0.853. The summed E-state index contributed by atoms with van der Waals surface area (Å²) in [5.74, 6) is -2.97. The third-order valence-corrected chi connectivity index (χ3v) is 3.79. The molecule has 0 spiro atoms. The largest absolute Gasteiger partial charge is 0.355 e. The summed E-state index contributed by atoms with van der Waals surface area (Å²) < 4.78 is 32.2. The predicted octanol–water partition coefficient (Wildman–Crippen LogP) is 3.52. The van der Waals surface area contributed by atoms with E-state index in [4.69, 9.17) is 4.52 Å². The second-order valence-electron chi connectivity index (χ2n) is 5.62. The van der Waals surface area contributed by atoms with E-state index in [1.165, 1.54) is 11.1 Å². The van der Waals surface area contributed by atoms with Crippen LogP contribution in [0.15, 0.2) is 35.0 Å². The molecular formula is C16H16F2N2O2. The van der Waals surface area contributed by atoms with Gasteiger partial charge in [-0.05, 0) is 13.3 Å². The van der Waals surface area contributed by atoms with Gasteiger partial charge >= 0.3 is 0 Å². The first-order valence-electron chi connectivity index (χ1n) is 7.15. The van der Waals surface area contributed by atoms with Crippen LogP contribution in [0.2, 0.25) is 0 Å². The summed E-state index contributed by atoms with van der Waals surface area (Å²) in [4.78, 5) is 13.7. The molecule has 0 bridgehead atoms. The highest BCUT2D eigenvalue weighted by molar-refractivity contribution is 5.99. The van der Waals surface area contributed by atoms with E-state index in [0.717, 1.165) is 5.56 Å². The van der Waals surface area contributed by atoms with E-state index in [1.54, 1.807) is 0 Å². The van der Waals surface area contributed by atoms with Gasteiger partial charge in [0.05, 0.1) is 12.7 Å². The first-order valence-corrected chi connectivity index (χ1v) is 7.15. The van der Waals surface area contributed by atoms with Crippen molar-refractivity contribution in [2.24, 2.45) is 0 Å². The molecule has 0 atom stereocenters. The molecule has 1 amide bonds. The molecule has 1 fully saturated rings. The normalized spacial score (nSPS) is 17.5. The average Bonchev–Trinajstić information content (AvgIpc) is 2.95. The van der Waals surface area contributed by atoms with E-state index < -0.39 is 18.4 Å². The number of aromatic nitrogens is 1. The zero-order valence-electron chi connectivity index (χ0n) is 12.2. The zero-order valence-corrected chi connectivity index (χ0v) is 12.2. The number of alkyl halides is 2. The molecule has 0 radical (unpaired) electrons. The average molecular weight is 306 g/mol. The van der Waals surface area contributed by atoms with E-state index in [2.05, 4.69) is 5.16 Å². The number of halogens is 2. The molecular weight excluding hydrogens is 290 g/mol. The Balaban J connectivity index is 1.88. The van der Waals surface area contributed by atoms with Gasteiger partial charge in [-0.3, -0.25) is 4.79 Å². The molecule has 0 N–H and O–H groups in total. The molecule has 4 nitrogen and oxygen atoms in total. The number of piperidine rings is 1. The van der Waals surface area contributed by atoms with Gasteiger partial charge in [0, 0.05) is 18.5 Å². The van der Waals surface area contributed by atoms with E-state index in [9.17, 15) is 13.6 Å². The van der Waals surface area contributed by atoms with Crippen molar-refractivity contribution >= 4 is 5.91 Å². The first kappa shape index (κ1) is 14.7. The number of hydrogen-bond donors (Lipinski definition) is 0. The van der Waals surface area contributed by atoms with Gasteiger partial charge in [-0.1, -0.05) is 35.0 Å². The Kier molecular flexibility index (Phi) is 3.68. The Bertz CT molecular complexity index is 680. The minimum Gasteiger partial charge on any atom is -0.355 e. The molecule has 1 saturated heterocycles. The Hall–Kier alpha value is -2.24. The second-order valence-corrected chi connectivity index (χ2v) is 5.62. The van der Waals surface area contributed by atoms with Crippen LogP contribution < -0.4 is 0 Å². The monoisotopic (exact) mass is 306 g/mol. The number of amides is 1. The summed E-state index contributed by atoms with van der Waals surface area (Å²) in [6.45, 7) is 1.73. The van der Waals surface area contributed by atoms with Gasteiger partial charge in [-0.25, -0.2) is 8.78 Å². The van der Waals surface area contributed by atoms with Crippen molar-refractivity contribution in [3.05, 3.63) is 41.6 Å². The number of likely N-dealkylation sites (tertiary alicyclic amines) is 1. The smallest absolute Gasteiger partial charge is 0.265 e. The van der Waals surface area contributed by atoms with Crippen molar-refractivity contribution in [3.8, 4) is 11.3 Å². The second kappa shape index (κ2) is 5.51. The summed E-state index contributed by atoms with van der Waals surface area (Å²) in [6.07, 6.45) is 1.42. The lowest BCUT2D eigenvalue weighted by molar-refractivity contribution is -0.0560. The highest BCUT2D eigenvalue weighted by Crippen LogP contribution is 2.30. The lowest BCUT2D eigenvalue weighted by Gasteiger charge is -2.32. The highest BCUT2D eigenvalue weighted by atomic mass is 19.3. The third-order valence-electron chi connectivity index (χ3n) is 3.79. The zero-order chi connectivity index (χ0) is 15.7. The van der Waals surface area contributed by atoms with Crippen LogP contribution in [0.25, 0.3) is 11.3 Å². The number of nitrogens with zero attached hydrogens (tertiary/aromatic N) is 2. The standard InChI is InChI=1S/C16H16F2N2O2/c1-11-3-5-12(6-4-11)14-13(9-19-22-14)15(21)20-8-2-7-16(17,18)10-20/h3-6,9H,2,7-8,10H2,1H3. The number of hydrogen-bond acceptors (Lipinski definition) is 3. The SMILES string of the molecule is Cc1ccc(-c2oncc2C(=O)N2CCCC(F)(F)C2)cc1. The van der Waals surface area contributed by atoms with Gasteiger partial charge in [-0.15, -0.1) is 0 Å². The molecule has 22 heavy (non-hydrogen) atoms. The maximum atomic E-state index is 13.5. The summed E-state index contributed by atoms with van der Waals surface area (Å²) >= 11 is 0. The molecule has 1 aromatic carbocycles. The fraction of sp³-hybridized carbons (Fsp3) is 0.375. The topological polar surface area (TPSA) is 46.3 Å². The molecule has 0 saturated carbocycles. The minimum absolute atomic E-state index is 0.175. The van der Waals surface area contributed by atoms with Crippen LogP contribution in [-0.4, -0.2) is 35.0 Å². The van der Waals surface area contributed by atoms with Gasteiger partial charge in [0.25, 0.3) is 11.8 Å². The molecule has 116 valence electrons.